The Bertz CT molecular complexity index is 170. The zero-order valence-electron chi connectivity index (χ0n) is 5.43. The van der Waals surface area contributed by atoms with Gasteiger partial charge in [0.15, 0.2) is 7.11 Å². The van der Waals surface area contributed by atoms with E-state index in [1.807, 2.05) is 0 Å². The number of hydrogen-bond donors (Lipinski definition) is 0. The standard InChI is InChI=1S/C5H5O5P/c1-8-5(6)4-11(7,9-2)10-3/h1-3H,4H2. The van der Waals surface area contributed by atoms with Crippen LogP contribution in [0, 0.1) is 21.3 Å². The molecule has 0 aliphatic rings. The third-order valence-corrected chi connectivity index (χ3v) is 2.06. The van der Waals surface area contributed by atoms with Crippen molar-refractivity contribution >= 4 is 13.6 Å². The van der Waals surface area contributed by atoms with Crippen LogP contribution in [-0.2, 0) is 23.1 Å². The summed E-state index contributed by atoms with van der Waals surface area (Å²) in [5.74, 6) is -0.996. The van der Waals surface area contributed by atoms with Gasteiger partial charge in [0.05, 0.1) is 0 Å². The summed E-state index contributed by atoms with van der Waals surface area (Å²) in [5, 5.41) is 0. The van der Waals surface area contributed by atoms with Gasteiger partial charge in [-0.25, -0.2) is 0 Å². The molecule has 0 aromatic rings. The molecule has 0 N–H and O–H groups in total. The van der Waals surface area contributed by atoms with Gasteiger partial charge in [0, 0.05) is 0 Å². The van der Waals surface area contributed by atoms with Crippen LogP contribution in [0.3, 0.4) is 0 Å². The second-order valence-corrected chi connectivity index (χ2v) is 3.43. The lowest BCUT2D eigenvalue weighted by Crippen LogP contribution is -2.07. The van der Waals surface area contributed by atoms with Gasteiger partial charge in [-0.1, -0.05) is 0 Å². The van der Waals surface area contributed by atoms with E-state index >= 15 is 0 Å². The van der Waals surface area contributed by atoms with Gasteiger partial charge in [0.1, 0.15) is 20.4 Å². The lowest BCUT2D eigenvalue weighted by molar-refractivity contribution is -0.135. The highest BCUT2D eigenvalue weighted by molar-refractivity contribution is 7.54. The molecule has 0 aromatic carbocycles. The molecule has 6 radical (unpaired) electrons. The molecule has 11 heavy (non-hydrogen) atoms. The van der Waals surface area contributed by atoms with Crippen molar-refractivity contribution in [2.45, 2.75) is 0 Å². The molecular weight excluding hydrogens is 171 g/mol. The van der Waals surface area contributed by atoms with Gasteiger partial charge in [-0.15, -0.1) is 0 Å². The van der Waals surface area contributed by atoms with Crippen LogP contribution in [0.25, 0.3) is 0 Å². The minimum atomic E-state index is -3.75. The number of esters is 1. The highest BCUT2D eigenvalue weighted by atomic mass is 31.2. The Labute approximate surface area is 65.2 Å². The minimum absolute atomic E-state index is 0.726. The molecular formula is C5H5O5P. The maximum Gasteiger partial charge on any atom is 0.342 e. The summed E-state index contributed by atoms with van der Waals surface area (Å²) in [7, 11) is 9.68. The van der Waals surface area contributed by atoms with Crippen molar-refractivity contribution in [2.24, 2.45) is 0 Å². The molecule has 5 nitrogen and oxygen atoms in total. The van der Waals surface area contributed by atoms with Gasteiger partial charge < -0.3 is 4.74 Å². The van der Waals surface area contributed by atoms with Crippen molar-refractivity contribution in [3.63, 3.8) is 0 Å². The van der Waals surface area contributed by atoms with Gasteiger partial charge in [-0.3, -0.25) is 18.4 Å². The molecule has 60 valence electrons. The van der Waals surface area contributed by atoms with Crippen molar-refractivity contribution in [1.82, 2.24) is 0 Å². The topological polar surface area (TPSA) is 61.8 Å². The van der Waals surface area contributed by atoms with Crippen LogP contribution in [0.1, 0.15) is 0 Å². The predicted octanol–water partition coefficient (Wildman–Crippen LogP) is 0.762. The normalized spacial score (nSPS) is 11.2. The summed E-state index contributed by atoms with van der Waals surface area (Å²) >= 11 is 0. The molecule has 6 heteroatoms. The van der Waals surface area contributed by atoms with Crippen molar-refractivity contribution in [3.8, 4) is 0 Å². The molecule has 0 aliphatic heterocycles. The predicted molar refractivity (Wildman–Crippen MR) is 33.6 cm³/mol. The fraction of sp³-hybridized carbons (Fsp3) is 0.200. The Balaban J connectivity index is 4.09. The SMILES string of the molecule is [CH]OC(=O)CP(=O)(O[CH])O[CH]. The average molecular weight is 176 g/mol. The van der Waals surface area contributed by atoms with Gasteiger partial charge >= 0.3 is 13.6 Å². The van der Waals surface area contributed by atoms with E-state index in [-0.39, 0.29) is 0 Å². The first-order chi connectivity index (χ1) is 5.08. The summed E-state index contributed by atoms with van der Waals surface area (Å²) in [5.41, 5.74) is 0. The maximum absolute atomic E-state index is 10.9. The van der Waals surface area contributed by atoms with Crippen LogP contribution >= 0.6 is 7.60 Å². The summed E-state index contributed by atoms with van der Waals surface area (Å²) in [6, 6.07) is 0. The summed E-state index contributed by atoms with van der Waals surface area (Å²) in [4.78, 5) is 10.4. The lowest BCUT2D eigenvalue weighted by atomic mass is 10.8. The van der Waals surface area contributed by atoms with Crippen molar-refractivity contribution in [1.29, 1.82) is 0 Å². The van der Waals surface area contributed by atoms with Crippen LogP contribution in [0.15, 0.2) is 0 Å². The van der Waals surface area contributed by atoms with E-state index in [0.29, 0.717) is 0 Å². The molecule has 0 spiro atoms. The van der Waals surface area contributed by atoms with E-state index in [4.69, 9.17) is 0 Å². The Morgan fingerprint density at radius 3 is 2.00 bits per heavy atom. The molecule has 0 fully saturated rings. The molecule has 0 aromatic heterocycles. The van der Waals surface area contributed by atoms with Crippen LogP contribution in [0.2, 0.25) is 0 Å². The molecule has 0 aliphatic carbocycles. The summed E-state index contributed by atoms with van der Waals surface area (Å²) in [6.45, 7) is 0. The Kier molecular flexibility index (Phi) is 4.33. The lowest BCUT2D eigenvalue weighted by Gasteiger charge is -2.09. The fourth-order valence-electron chi connectivity index (χ4n) is 0.295. The number of carbonyl (C=O) groups is 1. The van der Waals surface area contributed by atoms with Crippen molar-refractivity contribution in [2.75, 3.05) is 6.16 Å². The minimum Gasteiger partial charge on any atom is -0.454 e. The molecule has 0 bridgehead atoms. The smallest absolute Gasteiger partial charge is 0.342 e. The third-order valence-electron chi connectivity index (χ3n) is 0.775. The number of ether oxygens (including phenoxy) is 1. The highest BCUT2D eigenvalue weighted by Gasteiger charge is 2.26. The van der Waals surface area contributed by atoms with E-state index < -0.39 is 19.7 Å². The van der Waals surface area contributed by atoms with E-state index in [1.165, 1.54) is 0 Å². The van der Waals surface area contributed by atoms with Gasteiger partial charge in [-0.2, -0.15) is 0 Å². The van der Waals surface area contributed by atoms with Crippen LogP contribution < -0.4 is 0 Å². The van der Waals surface area contributed by atoms with E-state index in [2.05, 4.69) is 35.1 Å². The monoisotopic (exact) mass is 176 g/mol. The number of carbonyl (C=O) groups excluding carboxylic acids is 1. The number of rotatable bonds is 4. The fourth-order valence-corrected chi connectivity index (χ4v) is 0.884. The highest BCUT2D eigenvalue weighted by Crippen LogP contribution is 2.46. The van der Waals surface area contributed by atoms with E-state index in [1.54, 1.807) is 0 Å². The van der Waals surface area contributed by atoms with Crippen molar-refractivity contribution in [3.05, 3.63) is 21.3 Å². The number of hydrogen-bond acceptors (Lipinski definition) is 5. The van der Waals surface area contributed by atoms with E-state index in [0.717, 1.165) is 0 Å². The second kappa shape index (κ2) is 4.49. The zero-order valence-corrected chi connectivity index (χ0v) is 6.32. The largest absolute Gasteiger partial charge is 0.454 e. The molecule has 0 saturated carbocycles. The first-order valence-electron chi connectivity index (χ1n) is 2.33. The van der Waals surface area contributed by atoms with Crippen LogP contribution in [0.5, 0.6) is 0 Å². The van der Waals surface area contributed by atoms with Gasteiger partial charge in [0.2, 0.25) is 0 Å². The molecule has 0 amide bonds. The van der Waals surface area contributed by atoms with Crippen LogP contribution in [-0.4, -0.2) is 12.1 Å². The Morgan fingerprint density at radius 2 is 1.73 bits per heavy atom. The second-order valence-electron chi connectivity index (χ2n) is 1.47. The maximum atomic E-state index is 10.9. The Hall–Kier alpha value is -0.380. The first-order valence-corrected chi connectivity index (χ1v) is 4.06. The zero-order chi connectivity index (χ0) is 8.91. The summed E-state index contributed by atoms with van der Waals surface area (Å²) < 4.78 is 22.2. The van der Waals surface area contributed by atoms with Crippen molar-refractivity contribution < 1.29 is 23.1 Å². The summed E-state index contributed by atoms with van der Waals surface area (Å²) in [6.07, 6.45) is -0.726. The van der Waals surface area contributed by atoms with Gasteiger partial charge in [-0.05, 0) is 0 Å². The average Bonchev–Trinajstić information content (AvgIpc) is 2.04. The quantitative estimate of drug-likeness (QED) is 0.467. The third kappa shape index (κ3) is 3.51. The molecule has 0 unspecified atom stereocenters. The first kappa shape index (κ1) is 10.6. The molecule has 0 rings (SSSR count). The molecule has 0 atom stereocenters. The van der Waals surface area contributed by atoms with Gasteiger partial charge in [0.25, 0.3) is 0 Å². The van der Waals surface area contributed by atoms with Crippen LogP contribution in [0.4, 0.5) is 0 Å². The molecule has 0 heterocycles. The Morgan fingerprint density at radius 1 is 1.27 bits per heavy atom. The molecule has 0 saturated heterocycles. The van der Waals surface area contributed by atoms with E-state index in [9.17, 15) is 9.36 Å².